The Morgan fingerprint density at radius 2 is 1.11 bits per heavy atom. The van der Waals surface area contributed by atoms with Crippen LogP contribution in [0, 0.1) is 0 Å². The molecule has 0 aliphatic heterocycles. The van der Waals surface area contributed by atoms with Gasteiger partial charge in [-0.25, -0.2) is 0 Å². The Morgan fingerprint density at radius 3 is 1.63 bits per heavy atom. The van der Waals surface area contributed by atoms with Gasteiger partial charge in [0.2, 0.25) is 0 Å². The highest BCUT2D eigenvalue weighted by Gasteiger charge is 2.10. The van der Waals surface area contributed by atoms with Crippen molar-refractivity contribution in [2.24, 2.45) is 0 Å². The van der Waals surface area contributed by atoms with E-state index in [-0.39, 0.29) is 5.43 Å². The first kappa shape index (κ1) is 15.5. The molecule has 4 heteroatoms. The summed E-state index contributed by atoms with van der Waals surface area (Å²) in [7, 11) is 0. The number of rotatable bonds is 2. The molecule has 3 heterocycles. The molecule has 0 aliphatic rings. The van der Waals surface area contributed by atoms with E-state index in [0.29, 0.717) is 0 Å². The predicted octanol–water partition coefficient (Wildman–Crippen LogP) is 4.81. The number of fused-ring (bicyclic) bond motifs is 2. The first-order valence-electron chi connectivity index (χ1n) is 8.72. The van der Waals surface area contributed by atoms with E-state index in [0.717, 1.165) is 44.3 Å². The van der Waals surface area contributed by atoms with Crippen molar-refractivity contribution in [3.63, 3.8) is 0 Å². The lowest BCUT2D eigenvalue weighted by molar-refractivity contribution is 1.29. The molecule has 1 N–H and O–H groups in total. The number of para-hydroxylation sites is 2. The maximum atomic E-state index is 12.5. The average Bonchev–Trinajstić information content (AvgIpc) is 2.72. The first-order chi connectivity index (χ1) is 13.3. The fraction of sp³-hybridized carbons (Fsp3) is 0. The molecule has 0 aliphatic carbocycles. The second-order valence-electron chi connectivity index (χ2n) is 6.40. The maximum absolute atomic E-state index is 12.5. The number of nitrogens with one attached hydrogen (secondary N) is 1. The summed E-state index contributed by atoms with van der Waals surface area (Å²) in [5.74, 6) is 0. The van der Waals surface area contributed by atoms with Crippen molar-refractivity contribution in [2.75, 3.05) is 0 Å². The smallest absolute Gasteiger partial charge is 0.182 e. The van der Waals surface area contributed by atoms with Gasteiger partial charge in [-0.3, -0.25) is 14.8 Å². The van der Waals surface area contributed by atoms with E-state index in [1.165, 1.54) is 0 Å². The van der Waals surface area contributed by atoms with Gasteiger partial charge < -0.3 is 4.98 Å². The topological polar surface area (TPSA) is 58.6 Å². The van der Waals surface area contributed by atoms with Crippen LogP contribution >= 0.6 is 0 Å². The van der Waals surface area contributed by atoms with Crippen LogP contribution in [0.4, 0.5) is 0 Å². The Morgan fingerprint density at radius 1 is 0.630 bits per heavy atom. The Hall–Kier alpha value is -3.79. The van der Waals surface area contributed by atoms with Gasteiger partial charge in [0.25, 0.3) is 0 Å². The molecule has 0 spiro atoms. The van der Waals surface area contributed by atoms with Gasteiger partial charge in [-0.05, 0) is 12.1 Å². The highest BCUT2D eigenvalue weighted by Crippen LogP contribution is 2.29. The summed E-state index contributed by atoms with van der Waals surface area (Å²) in [6.45, 7) is 0. The molecular weight excluding hydrogens is 334 g/mol. The molecule has 0 saturated heterocycles. The zero-order chi connectivity index (χ0) is 18.2. The van der Waals surface area contributed by atoms with Gasteiger partial charge in [0.1, 0.15) is 0 Å². The lowest BCUT2D eigenvalue weighted by Crippen LogP contribution is -2.03. The first-order valence-corrected chi connectivity index (χ1v) is 8.72. The number of nitrogens with zero attached hydrogens (tertiary/aromatic N) is 2. The van der Waals surface area contributed by atoms with Crippen molar-refractivity contribution < 1.29 is 0 Å². The summed E-state index contributed by atoms with van der Waals surface area (Å²) in [5.41, 5.74) is 4.97. The second-order valence-corrected chi connectivity index (χ2v) is 6.40. The van der Waals surface area contributed by atoms with E-state index >= 15 is 0 Å². The van der Waals surface area contributed by atoms with Crippen molar-refractivity contribution in [3.05, 3.63) is 95.4 Å². The minimum absolute atomic E-state index is 0.0559. The molecular formula is C23H15N3O. The van der Waals surface area contributed by atoms with Crippen molar-refractivity contribution >= 4 is 21.8 Å². The van der Waals surface area contributed by atoms with Gasteiger partial charge in [-0.1, -0.05) is 48.5 Å². The molecule has 0 radical (unpaired) electrons. The van der Waals surface area contributed by atoms with Gasteiger partial charge in [-0.2, -0.15) is 0 Å². The number of aromatic nitrogens is 3. The quantitative estimate of drug-likeness (QED) is 0.498. The fourth-order valence-corrected chi connectivity index (χ4v) is 3.48. The van der Waals surface area contributed by atoms with E-state index in [1.807, 2.05) is 60.7 Å². The van der Waals surface area contributed by atoms with E-state index in [1.54, 1.807) is 24.5 Å². The molecule has 4 nitrogen and oxygen atoms in total. The van der Waals surface area contributed by atoms with E-state index in [2.05, 4.69) is 15.0 Å². The maximum Gasteiger partial charge on any atom is 0.182 e. The number of benzene rings is 2. The van der Waals surface area contributed by atoms with Crippen molar-refractivity contribution in [2.45, 2.75) is 0 Å². The van der Waals surface area contributed by atoms with Crippen molar-refractivity contribution in [1.82, 2.24) is 15.0 Å². The zero-order valence-corrected chi connectivity index (χ0v) is 14.4. The van der Waals surface area contributed by atoms with Crippen LogP contribution in [-0.2, 0) is 0 Å². The van der Waals surface area contributed by atoms with Gasteiger partial charge in [0.15, 0.2) is 5.43 Å². The Balaban J connectivity index is 1.77. The average molecular weight is 349 g/mol. The van der Waals surface area contributed by atoms with Crippen LogP contribution in [0.3, 0.4) is 0 Å². The summed E-state index contributed by atoms with van der Waals surface area (Å²) in [5, 5.41) is 2.07. The minimum Gasteiger partial charge on any atom is -0.354 e. The zero-order valence-electron chi connectivity index (χ0n) is 14.4. The standard InChI is InChI=1S/C23H15N3O/c27-17-13-20(18-9-1-5-15-7-3-11-24-22(15)18)26-21(14-17)19-10-2-6-16-8-4-12-25-23(16)19/h1-14H,(H,26,27). The summed E-state index contributed by atoms with van der Waals surface area (Å²) < 4.78 is 0. The molecule has 0 atom stereocenters. The van der Waals surface area contributed by atoms with Crippen LogP contribution in [0.2, 0.25) is 0 Å². The second kappa shape index (κ2) is 6.18. The molecule has 3 aromatic heterocycles. The largest absolute Gasteiger partial charge is 0.354 e. The molecule has 5 rings (SSSR count). The van der Waals surface area contributed by atoms with Crippen LogP contribution in [0.1, 0.15) is 0 Å². The Kier molecular flexibility index (Phi) is 3.54. The van der Waals surface area contributed by atoms with Crippen LogP contribution in [0.15, 0.2) is 90.0 Å². The molecule has 0 saturated carbocycles. The summed E-state index contributed by atoms with van der Waals surface area (Å²) >= 11 is 0. The molecule has 0 unspecified atom stereocenters. The summed E-state index contributed by atoms with van der Waals surface area (Å²) in [6.07, 6.45) is 3.53. The highest BCUT2D eigenvalue weighted by atomic mass is 16.1. The lowest BCUT2D eigenvalue weighted by atomic mass is 10.0. The summed E-state index contributed by atoms with van der Waals surface area (Å²) in [6, 6.07) is 23.0. The third-order valence-electron chi connectivity index (χ3n) is 4.69. The Labute approximate surface area is 155 Å². The number of hydrogen-bond donors (Lipinski definition) is 1. The molecule has 128 valence electrons. The van der Waals surface area contributed by atoms with Crippen LogP contribution in [-0.4, -0.2) is 15.0 Å². The number of hydrogen-bond acceptors (Lipinski definition) is 3. The molecule has 27 heavy (non-hydrogen) atoms. The highest BCUT2D eigenvalue weighted by molar-refractivity contribution is 5.95. The number of aromatic amines is 1. The molecule has 5 aromatic rings. The minimum atomic E-state index is -0.0559. The van der Waals surface area contributed by atoms with Crippen molar-refractivity contribution in [1.29, 1.82) is 0 Å². The molecule has 0 fully saturated rings. The van der Waals surface area contributed by atoms with E-state index in [9.17, 15) is 4.79 Å². The molecule has 0 amide bonds. The number of pyridine rings is 3. The predicted molar refractivity (Wildman–Crippen MR) is 109 cm³/mol. The van der Waals surface area contributed by atoms with Crippen LogP contribution in [0.5, 0.6) is 0 Å². The van der Waals surface area contributed by atoms with Crippen molar-refractivity contribution in [3.8, 4) is 22.5 Å². The van der Waals surface area contributed by atoms with E-state index in [4.69, 9.17) is 0 Å². The Bertz CT molecular complexity index is 1240. The van der Waals surface area contributed by atoms with Crippen LogP contribution < -0.4 is 5.43 Å². The van der Waals surface area contributed by atoms with Gasteiger partial charge in [0.05, 0.1) is 22.4 Å². The molecule has 0 bridgehead atoms. The third-order valence-corrected chi connectivity index (χ3v) is 4.69. The fourth-order valence-electron chi connectivity index (χ4n) is 3.48. The third kappa shape index (κ3) is 2.68. The van der Waals surface area contributed by atoms with Gasteiger partial charge >= 0.3 is 0 Å². The normalized spacial score (nSPS) is 11.1. The SMILES string of the molecule is O=c1cc(-c2cccc3cccnc23)[nH]c(-c2cccc3cccnc23)c1. The van der Waals surface area contributed by atoms with Gasteiger partial charge in [-0.15, -0.1) is 0 Å². The monoisotopic (exact) mass is 349 g/mol. The summed E-state index contributed by atoms with van der Waals surface area (Å²) in [4.78, 5) is 24.9. The van der Waals surface area contributed by atoms with Gasteiger partial charge in [0, 0.05) is 46.4 Å². The lowest BCUT2D eigenvalue weighted by Gasteiger charge is -2.10. The van der Waals surface area contributed by atoms with E-state index < -0.39 is 0 Å². The van der Waals surface area contributed by atoms with Crippen LogP contribution in [0.25, 0.3) is 44.3 Å². The number of H-pyrrole nitrogens is 1. The molecule has 2 aromatic carbocycles.